The van der Waals surface area contributed by atoms with E-state index in [2.05, 4.69) is 9.71 Å². The van der Waals surface area contributed by atoms with E-state index in [0.29, 0.717) is 6.07 Å². The van der Waals surface area contributed by atoms with Crippen LogP contribution >= 0.6 is 0 Å². The molecule has 1 atom stereocenters. The number of hydrogen-bond donors (Lipinski definition) is 2. The Hall–Kier alpha value is -2.06. The van der Waals surface area contributed by atoms with Crippen molar-refractivity contribution in [2.24, 2.45) is 0 Å². The summed E-state index contributed by atoms with van der Waals surface area (Å²) in [7, 11) is -4.12. The largest absolute Gasteiger partial charge is 0.366 e. The van der Waals surface area contributed by atoms with Crippen molar-refractivity contribution in [3.63, 3.8) is 0 Å². The normalized spacial score (nSPS) is 13.1. The molecule has 1 aromatic heterocycles. The van der Waals surface area contributed by atoms with Gasteiger partial charge in [0, 0.05) is 36.1 Å². The van der Waals surface area contributed by atoms with Crippen LogP contribution in [0.1, 0.15) is 18.5 Å². The Morgan fingerprint density at radius 3 is 2.57 bits per heavy atom. The number of sulfonamides is 1. The van der Waals surface area contributed by atoms with E-state index in [9.17, 15) is 22.0 Å². The van der Waals surface area contributed by atoms with Gasteiger partial charge < -0.3 is 4.98 Å². The summed E-state index contributed by atoms with van der Waals surface area (Å²) in [4.78, 5) is 13.6. The summed E-state index contributed by atoms with van der Waals surface area (Å²) in [5, 5.41) is 0. The standard InChI is InChI=1S/C13H12F2N2O3S/c1-8(10-3-2-9(14)6-11(10)15)17-21(19,20)13-7-16-5-4-12(13)18/h2-8,17H,1H3,(H,16,18). The summed E-state index contributed by atoms with van der Waals surface area (Å²) in [6, 6.07) is 2.94. The van der Waals surface area contributed by atoms with Gasteiger partial charge in [0.1, 0.15) is 16.5 Å². The Morgan fingerprint density at radius 1 is 1.24 bits per heavy atom. The number of halogens is 2. The van der Waals surface area contributed by atoms with Gasteiger partial charge in [-0.1, -0.05) is 6.07 Å². The van der Waals surface area contributed by atoms with E-state index < -0.39 is 38.0 Å². The van der Waals surface area contributed by atoms with Crippen molar-refractivity contribution in [3.05, 3.63) is 64.1 Å². The number of rotatable bonds is 4. The molecule has 112 valence electrons. The van der Waals surface area contributed by atoms with Crippen LogP contribution in [0.4, 0.5) is 8.78 Å². The molecule has 0 bridgehead atoms. The summed E-state index contributed by atoms with van der Waals surface area (Å²) in [6.45, 7) is 1.39. The minimum absolute atomic E-state index is 0.0210. The van der Waals surface area contributed by atoms with Gasteiger partial charge in [-0.15, -0.1) is 0 Å². The predicted octanol–water partition coefficient (Wildman–Crippen LogP) is 1.69. The molecule has 1 heterocycles. The fourth-order valence-corrected chi connectivity index (χ4v) is 3.10. The number of benzene rings is 1. The van der Waals surface area contributed by atoms with Crippen molar-refractivity contribution in [3.8, 4) is 0 Å². The highest BCUT2D eigenvalue weighted by molar-refractivity contribution is 7.89. The van der Waals surface area contributed by atoms with E-state index in [-0.39, 0.29) is 5.56 Å². The molecule has 0 amide bonds. The molecule has 2 aromatic rings. The monoisotopic (exact) mass is 314 g/mol. The van der Waals surface area contributed by atoms with Crippen LogP contribution in [-0.2, 0) is 10.0 Å². The average molecular weight is 314 g/mol. The van der Waals surface area contributed by atoms with Crippen LogP contribution in [0.3, 0.4) is 0 Å². The van der Waals surface area contributed by atoms with Gasteiger partial charge in [-0.05, 0) is 13.0 Å². The average Bonchev–Trinajstić information content (AvgIpc) is 2.38. The van der Waals surface area contributed by atoms with E-state index in [4.69, 9.17) is 0 Å². The van der Waals surface area contributed by atoms with Gasteiger partial charge >= 0.3 is 0 Å². The van der Waals surface area contributed by atoms with Crippen LogP contribution in [-0.4, -0.2) is 13.4 Å². The fraction of sp³-hybridized carbons (Fsp3) is 0.154. The highest BCUT2D eigenvalue weighted by Gasteiger charge is 2.22. The molecular formula is C13H12F2N2O3S. The zero-order valence-corrected chi connectivity index (χ0v) is 11.7. The first-order chi connectivity index (χ1) is 9.81. The Kier molecular flexibility index (Phi) is 4.19. The van der Waals surface area contributed by atoms with Crippen LogP contribution in [0.5, 0.6) is 0 Å². The van der Waals surface area contributed by atoms with Gasteiger partial charge in [0.25, 0.3) is 0 Å². The van der Waals surface area contributed by atoms with Gasteiger partial charge in [-0.3, -0.25) is 4.79 Å². The first-order valence-electron chi connectivity index (χ1n) is 5.95. The molecule has 0 aliphatic rings. The molecular weight excluding hydrogens is 302 g/mol. The Bertz CT molecular complexity index is 818. The zero-order valence-electron chi connectivity index (χ0n) is 10.9. The first kappa shape index (κ1) is 15.3. The second-order valence-corrected chi connectivity index (χ2v) is 6.06. The van der Waals surface area contributed by atoms with Crippen LogP contribution in [0.15, 0.2) is 46.3 Å². The molecule has 8 heteroatoms. The maximum absolute atomic E-state index is 13.6. The molecule has 2 rings (SSSR count). The molecule has 0 saturated carbocycles. The van der Waals surface area contributed by atoms with Crippen molar-refractivity contribution in [2.75, 3.05) is 0 Å². The number of pyridine rings is 1. The lowest BCUT2D eigenvalue weighted by atomic mass is 10.1. The Labute approximate surface area is 119 Å². The molecule has 0 fully saturated rings. The first-order valence-corrected chi connectivity index (χ1v) is 7.44. The smallest absolute Gasteiger partial charge is 0.246 e. The quantitative estimate of drug-likeness (QED) is 0.901. The molecule has 0 spiro atoms. The molecule has 1 aromatic carbocycles. The summed E-state index contributed by atoms with van der Waals surface area (Å²) < 4.78 is 52.8. The van der Waals surface area contributed by atoms with Crippen LogP contribution in [0, 0.1) is 11.6 Å². The van der Waals surface area contributed by atoms with Gasteiger partial charge in [0.05, 0.1) is 0 Å². The summed E-state index contributed by atoms with van der Waals surface area (Å²) in [5.41, 5.74) is -0.708. The number of H-pyrrole nitrogens is 1. The summed E-state index contributed by atoms with van der Waals surface area (Å²) in [6.07, 6.45) is 2.34. The summed E-state index contributed by atoms with van der Waals surface area (Å²) >= 11 is 0. The minimum atomic E-state index is -4.12. The van der Waals surface area contributed by atoms with Gasteiger partial charge in [-0.25, -0.2) is 21.9 Å². The van der Waals surface area contributed by atoms with Gasteiger partial charge in [0.15, 0.2) is 0 Å². The molecule has 21 heavy (non-hydrogen) atoms. The Balaban J connectivity index is 2.33. The number of nitrogens with one attached hydrogen (secondary N) is 2. The van der Waals surface area contributed by atoms with Crippen molar-refractivity contribution in [1.29, 1.82) is 0 Å². The molecule has 0 aliphatic heterocycles. The van der Waals surface area contributed by atoms with Gasteiger partial charge in [0.2, 0.25) is 15.5 Å². The second kappa shape index (κ2) is 5.74. The van der Waals surface area contributed by atoms with E-state index in [0.717, 1.165) is 24.4 Å². The van der Waals surface area contributed by atoms with E-state index in [1.165, 1.54) is 13.1 Å². The lowest BCUT2D eigenvalue weighted by molar-refractivity contribution is 0.539. The van der Waals surface area contributed by atoms with Crippen molar-refractivity contribution >= 4 is 10.0 Å². The van der Waals surface area contributed by atoms with Crippen LogP contribution in [0.25, 0.3) is 0 Å². The molecule has 0 radical (unpaired) electrons. The highest BCUT2D eigenvalue weighted by Crippen LogP contribution is 2.19. The van der Waals surface area contributed by atoms with Crippen molar-refractivity contribution < 1.29 is 17.2 Å². The van der Waals surface area contributed by atoms with E-state index in [1.807, 2.05) is 0 Å². The minimum Gasteiger partial charge on any atom is -0.366 e. The highest BCUT2D eigenvalue weighted by atomic mass is 32.2. The lowest BCUT2D eigenvalue weighted by Gasteiger charge is -2.15. The third-order valence-corrected chi connectivity index (χ3v) is 4.40. The van der Waals surface area contributed by atoms with Gasteiger partial charge in [-0.2, -0.15) is 0 Å². The lowest BCUT2D eigenvalue weighted by Crippen LogP contribution is -2.31. The van der Waals surface area contributed by atoms with E-state index in [1.54, 1.807) is 0 Å². The second-order valence-electron chi connectivity index (χ2n) is 4.38. The zero-order chi connectivity index (χ0) is 15.6. The number of aromatic nitrogens is 1. The predicted molar refractivity (Wildman–Crippen MR) is 72.2 cm³/mol. The Morgan fingerprint density at radius 2 is 1.95 bits per heavy atom. The summed E-state index contributed by atoms with van der Waals surface area (Å²) in [5.74, 6) is -1.63. The van der Waals surface area contributed by atoms with Crippen LogP contribution in [0.2, 0.25) is 0 Å². The van der Waals surface area contributed by atoms with Crippen molar-refractivity contribution in [1.82, 2.24) is 9.71 Å². The molecule has 1 unspecified atom stereocenters. The fourth-order valence-electron chi connectivity index (χ4n) is 1.82. The third kappa shape index (κ3) is 3.34. The number of hydrogen-bond acceptors (Lipinski definition) is 3. The maximum atomic E-state index is 13.6. The molecule has 0 aliphatic carbocycles. The van der Waals surface area contributed by atoms with Crippen LogP contribution < -0.4 is 10.2 Å². The third-order valence-electron chi connectivity index (χ3n) is 2.84. The molecule has 0 saturated heterocycles. The number of aromatic amines is 1. The molecule has 5 nitrogen and oxygen atoms in total. The topological polar surface area (TPSA) is 79.0 Å². The SMILES string of the molecule is CC(NS(=O)(=O)c1c[nH]ccc1=O)c1ccc(F)cc1F. The van der Waals surface area contributed by atoms with Crippen molar-refractivity contribution in [2.45, 2.75) is 17.9 Å². The van der Waals surface area contributed by atoms with E-state index >= 15 is 0 Å². The molecule has 2 N–H and O–H groups in total. The maximum Gasteiger partial charge on any atom is 0.246 e.